The lowest BCUT2D eigenvalue weighted by Crippen LogP contribution is -2.02. The molecule has 0 aromatic carbocycles. The molecule has 13 heavy (non-hydrogen) atoms. The molecule has 0 radical (unpaired) electrons. The van der Waals surface area contributed by atoms with E-state index >= 15 is 0 Å². The van der Waals surface area contributed by atoms with Crippen LogP contribution in [0.25, 0.3) is 11.5 Å². The monoisotopic (exact) mass is 195 g/mol. The largest absolute Gasteiger partial charge is 0.421 e. The van der Waals surface area contributed by atoms with Crippen molar-refractivity contribution in [3.05, 3.63) is 22.7 Å². The third-order valence-electron chi connectivity index (χ3n) is 1.59. The van der Waals surface area contributed by atoms with Crippen molar-refractivity contribution in [1.29, 1.82) is 0 Å². The van der Waals surface area contributed by atoms with Crippen LogP contribution in [0, 0.1) is 0 Å². The predicted octanol–water partition coefficient (Wildman–Crippen LogP) is 1.30. The Labute approximate surface area is 79.4 Å². The molecule has 2 rings (SSSR count). The highest BCUT2D eigenvalue weighted by Crippen LogP contribution is 2.20. The molecule has 0 unspecified atom stereocenters. The van der Waals surface area contributed by atoms with Crippen molar-refractivity contribution >= 4 is 11.3 Å². The van der Waals surface area contributed by atoms with E-state index in [0.717, 1.165) is 5.56 Å². The maximum Gasteiger partial charge on any atom is 0.248 e. The van der Waals surface area contributed by atoms with Gasteiger partial charge < -0.3 is 10.2 Å². The van der Waals surface area contributed by atoms with E-state index in [-0.39, 0.29) is 0 Å². The summed E-state index contributed by atoms with van der Waals surface area (Å²) in [7, 11) is 0. The summed E-state index contributed by atoms with van der Waals surface area (Å²) in [5, 5.41) is 11.7. The lowest BCUT2D eigenvalue weighted by Gasteiger charge is -1.87. The summed E-state index contributed by atoms with van der Waals surface area (Å²) in [6.07, 6.45) is 0.636. The Morgan fingerprint density at radius 3 is 3.08 bits per heavy atom. The Hall–Kier alpha value is -1.20. The highest BCUT2D eigenvalue weighted by Gasteiger charge is 2.07. The van der Waals surface area contributed by atoms with Gasteiger partial charge in [-0.3, -0.25) is 0 Å². The summed E-state index contributed by atoms with van der Waals surface area (Å²) in [6, 6.07) is 1.95. The van der Waals surface area contributed by atoms with E-state index in [4.69, 9.17) is 10.2 Å². The van der Waals surface area contributed by atoms with Crippen LogP contribution in [0.1, 0.15) is 5.89 Å². The van der Waals surface area contributed by atoms with Crippen LogP contribution < -0.4 is 5.73 Å². The SMILES string of the molecule is NCCc1nnc(-c2ccsc2)o1. The van der Waals surface area contributed by atoms with Crippen LogP contribution >= 0.6 is 11.3 Å². The standard InChI is InChI=1S/C8H9N3OS/c9-3-1-7-10-11-8(12-7)6-2-4-13-5-6/h2,4-5H,1,3,9H2. The van der Waals surface area contributed by atoms with Crippen molar-refractivity contribution in [3.63, 3.8) is 0 Å². The summed E-state index contributed by atoms with van der Waals surface area (Å²) in [5.41, 5.74) is 6.34. The van der Waals surface area contributed by atoms with Gasteiger partial charge in [0.05, 0.1) is 0 Å². The molecule has 0 aliphatic rings. The molecule has 0 amide bonds. The molecule has 0 atom stereocenters. The van der Waals surface area contributed by atoms with E-state index in [2.05, 4.69) is 10.2 Å². The van der Waals surface area contributed by atoms with Crippen molar-refractivity contribution in [1.82, 2.24) is 10.2 Å². The topological polar surface area (TPSA) is 64.9 Å². The van der Waals surface area contributed by atoms with Gasteiger partial charge in [-0.2, -0.15) is 11.3 Å². The van der Waals surface area contributed by atoms with Crippen LogP contribution in [-0.4, -0.2) is 16.7 Å². The fraction of sp³-hybridized carbons (Fsp3) is 0.250. The quantitative estimate of drug-likeness (QED) is 0.801. The van der Waals surface area contributed by atoms with Gasteiger partial charge in [-0.15, -0.1) is 10.2 Å². The van der Waals surface area contributed by atoms with Gasteiger partial charge in [-0.25, -0.2) is 0 Å². The first-order valence-electron chi connectivity index (χ1n) is 3.95. The minimum atomic E-state index is 0.533. The predicted molar refractivity (Wildman–Crippen MR) is 50.4 cm³/mol. The van der Waals surface area contributed by atoms with E-state index in [1.54, 1.807) is 11.3 Å². The summed E-state index contributed by atoms with van der Waals surface area (Å²) < 4.78 is 5.37. The first-order chi connectivity index (χ1) is 6.40. The van der Waals surface area contributed by atoms with E-state index in [1.807, 2.05) is 16.8 Å². The van der Waals surface area contributed by atoms with Gasteiger partial charge in [0.1, 0.15) is 0 Å². The van der Waals surface area contributed by atoms with E-state index in [9.17, 15) is 0 Å². The number of hydrogen-bond donors (Lipinski definition) is 1. The second-order valence-electron chi connectivity index (χ2n) is 2.55. The number of hydrogen-bond acceptors (Lipinski definition) is 5. The highest BCUT2D eigenvalue weighted by molar-refractivity contribution is 7.08. The van der Waals surface area contributed by atoms with Crippen molar-refractivity contribution in [3.8, 4) is 11.5 Å². The van der Waals surface area contributed by atoms with Gasteiger partial charge in [0, 0.05) is 23.9 Å². The molecule has 0 saturated heterocycles. The van der Waals surface area contributed by atoms with Crippen LogP contribution in [0.3, 0.4) is 0 Å². The average Bonchev–Trinajstić information content (AvgIpc) is 2.70. The molecule has 4 nitrogen and oxygen atoms in total. The van der Waals surface area contributed by atoms with Crippen molar-refractivity contribution in [2.24, 2.45) is 5.73 Å². The van der Waals surface area contributed by atoms with Crippen LogP contribution in [-0.2, 0) is 6.42 Å². The maximum absolute atomic E-state index is 5.37. The highest BCUT2D eigenvalue weighted by atomic mass is 32.1. The molecule has 2 N–H and O–H groups in total. The molecule has 0 spiro atoms. The molecule has 2 aromatic heterocycles. The fourth-order valence-electron chi connectivity index (χ4n) is 0.981. The molecule has 2 heterocycles. The number of nitrogens with zero attached hydrogens (tertiary/aromatic N) is 2. The molecular formula is C8H9N3OS. The Bertz CT molecular complexity index is 368. The second-order valence-corrected chi connectivity index (χ2v) is 3.33. The van der Waals surface area contributed by atoms with E-state index in [0.29, 0.717) is 24.7 Å². The lowest BCUT2D eigenvalue weighted by molar-refractivity contribution is 0.507. The van der Waals surface area contributed by atoms with Crippen LogP contribution in [0.5, 0.6) is 0 Å². The van der Waals surface area contributed by atoms with Gasteiger partial charge in [0.2, 0.25) is 11.8 Å². The normalized spacial score (nSPS) is 10.5. The summed E-state index contributed by atoms with van der Waals surface area (Å²) in [5.74, 6) is 1.17. The van der Waals surface area contributed by atoms with Crippen molar-refractivity contribution in [2.45, 2.75) is 6.42 Å². The van der Waals surface area contributed by atoms with E-state index in [1.165, 1.54) is 0 Å². The Balaban J connectivity index is 2.23. The molecule has 0 bridgehead atoms. The number of aromatic nitrogens is 2. The van der Waals surface area contributed by atoms with Gasteiger partial charge in [-0.1, -0.05) is 0 Å². The first-order valence-corrected chi connectivity index (χ1v) is 4.89. The minimum absolute atomic E-state index is 0.533. The number of rotatable bonds is 3. The van der Waals surface area contributed by atoms with Crippen LogP contribution in [0.2, 0.25) is 0 Å². The summed E-state index contributed by atoms with van der Waals surface area (Å²) >= 11 is 1.60. The third-order valence-corrected chi connectivity index (χ3v) is 2.28. The molecule has 2 aromatic rings. The maximum atomic E-state index is 5.37. The molecule has 0 saturated carbocycles. The second kappa shape index (κ2) is 3.68. The van der Waals surface area contributed by atoms with Gasteiger partial charge >= 0.3 is 0 Å². The summed E-state index contributed by atoms with van der Waals surface area (Å²) in [4.78, 5) is 0. The Morgan fingerprint density at radius 1 is 1.46 bits per heavy atom. The molecule has 5 heteroatoms. The molecular weight excluding hydrogens is 186 g/mol. The third kappa shape index (κ3) is 1.76. The van der Waals surface area contributed by atoms with Crippen molar-refractivity contribution in [2.75, 3.05) is 6.54 Å². The molecule has 0 aliphatic carbocycles. The first kappa shape index (κ1) is 8.40. The molecule has 0 aliphatic heterocycles. The van der Waals surface area contributed by atoms with Crippen molar-refractivity contribution < 1.29 is 4.42 Å². The Morgan fingerprint density at radius 2 is 2.38 bits per heavy atom. The zero-order valence-corrected chi connectivity index (χ0v) is 7.75. The lowest BCUT2D eigenvalue weighted by atomic mass is 10.3. The van der Waals surface area contributed by atoms with Gasteiger partial charge in [0.25, 0.3) is 0 Å². The van der Waals surface area contributed by atoms with Gasteiger partial charge in [0.15, 0.2) is 0 Å². The average molecular weight is 195 g/mol. The number of nitrogens with two attached hydrogens (primary N) is 1. The molecule has 68 valence electrons. The van der Waals surface area contributed by atoms with Crippen LogP contribution in [0.4, 0.5) is 0 Å². The minimum Gasteiger partial charge on any atom is -0.421 e. The zero-order chi connectivity index (χ0) is 9.10. The fourth-order valence-corrected chi connectivity index (χ4v) is 1.61. The number of thiophene rings is 1. The summed E-state index contributed by atoms with van der Waals surface area (Å²) in [6.45, 7) is 0.533. The molecule has 0 fully saturated rings. The Kier molecular flexibility index (Phi) is 2.37. The van der Waals surface area contributed by atoms with Gasteiger partial charge in [-0.05, 0) is 11.4 Å². The zero-order valence-electron chi connectivity index (χ0n) is 6.93. The smallest absolute Gasteiger partial charge is 0.248 e. The van der Waals surface area contributed by atoms with E-state index < -0.39 is 0 Å². The van der Waals surface area contributed by atoms with Crippen LogP contribution in [0.15, 0.2) is 21.2 Å².